The molecule has 0 aliphatic heterocycles. The highest BCUT2D eigenvalue weighted by Gasteiger charge is 2.08. The SMILES string of the molecule is C=CCOc1c(Cl)cc(C=O)cc1Br. The van der Waals surface area contributed by atoms with Gasteiger partial charge in [0.25, 0.3) is 0 Å². The third-order valence-electron chi connectivity index (χ3n) is 1.50. The Morgan fingerprint density at radius 1 is 1.57 bits per heavy atom. The molecule has 74 valence electrons. The van der Waals surface area contributed by atoms with Crippen LogP contribution < -0.4 is 4.74 Å². The molecule has 0 saturated carbocycles. The minimum Gasteiger partial charge on any atom is -0.487 e. The molecule has 0 unspecified atom stereocenters. The number of ether oxygens (including phenoxy) is 1. The van der Waals surface area contributed by atoms with Gasteiger partial charge < -0.3 is 4.74 Å². The minimum atomic E-state index is 0.374. The molecule has 14 heavy (non-hydrogen) atoms. The van der Waals surface area contributed by atoms with Crippen molar-refractivity contribution in [2.24, 2.45) is 0 Å². The first-order valence-electron chi connectivity index (χ1n) is 3.87. The van der Waals surface area contributed by atoms with E-state index in [0.717, 1.165) is 6.29 Å². The Kier molecular flexibility index (Phi) is 4.17. The topological polar surface area (TPSA) is 26.3 Å². The normalized spacial score (nSPS) is 9.57. The van der Waals surface area contributed by atoms with Gasteiger partial charge in [-0.05, 0) is 28.1 Å². The highest BCUT2D eigenvalue weighted by Crippen LogP contribution is 2.33. The van der Waals surface area contributed by atoms with Crippen molar-refractivity contribution >= 4 is 33.8 Å². The molecule has 0 saturated heterocycles. The van der Waals surface area contributed by atoms with Gasteiger partial charge in [-0.25, -0.2) is 0 Å². The lowest BCUT2D eigenvalue weighted by atomic mass is 10.2. The summed E-state index contributed by atoms with van der Waals surface area (Å²) < 4.78 is 5.96. The highest BCUT2D eigenvalue weighted by molar-refractivity contribution is 9.10. The second kappa shape index (κ2) is 5.17. The van der Waals surface area contributed by atoms with Crippen LogP contribution in [0.1, 0.15) is 10.4 Å². The van der Waals surface area contributed by atoms with Crippen molar-refractivity contribution in [3.05, 3.63) is 39.8 Å². The van der Waals surface area contributed by atoms with Crippen molar-refractivity contribution in [3.8, 4) is 5.75 Å². The predicted octanol–water partition coefficient (Wildman–Crippen LogP) is 3.48. The maximum atomic E-state index is 10.5. The number of carbonyl (C=O) groups excluding carboxylic acids is 1. The Labute approximate surface area is 95.6 Å². The van der Waals surface area contributed by atoms with Crippen LogP contribution in [-0.4, -0.2) is 12.9 Å². The molecule has 0 bridgehead atoms. The van der Waals surface area contributed by atoms with E-state index in [2.05, 4.69) is 22.5 Å². The van der Waals surface area contributed by atoms with Crippen molar-refractivity contribution in [3.63, 3.8) is 0 Å². The fourth-order valence-corrected chi connectivity index (χ4v) is 1.92. The average Bonchev–Trinajstić information content (AvgIpc) is 2.16. The summed E-state index contributed by atoms with van der Waals surface area (Å²) in [5.41, 5.74) is 0.507. The second-order valence-electron chi connectivity index (χ2n) is 2.53. The fourth-order valence-electron chi connectivity index (χ4n) is 0.928. The monoisotopic (exact) mass is 274 g/mol. The molecule has 0 fully saturated rings. The Morgan fingerprint density at radius 2 is 2.29 bits per heavy atom. The van der Waals surface area contributed by atoms with Crippen LogP contribution in [0.15, 0.2) is 29.3 Å². The smallest absolute Gasteiger partial charge is 0.152 e. The molecular formula is C10H8BrClO2. The number of hydrogen-bond acceptors (Lipinski definition) is 2. The number of aldehydes is 1. The average molecular weight is 276 g/mol. The maximum absolute atomic E-state index is 10.5. The molecule has 0 N–H and O–H groups in total. The van der Waals surface area contributed by atoms with E-state index < -0.39 is 0 Å². The number of hydrogen-bond donors (Lipinski definition) is 0. The van der Waals surface area contributed by atoms with Gasteiger partial charge in [-0.1, -0.05) is 24.3 Å². The van der Waals surface area contributed by atoms with Crippen molar-refractivity contribution in [2.75, 3.05) is 6.61 Å². The van der Waals surface area contributed by atoms with E-state index in [0.29, 0.717) is 27.4 Å². The van der Waals surface area contributed by atoms with E-state index in [9.17, 15) is 4.79 Å². The zero-order valence-electron chi connectivity index (χ0n) is 7.30. The van der Waals surface area contributed by atoms with E-state index in [1.54, 1.807) is 18.2 Å². The first-order valence-corrected chi connectivity index (χ1v) is 5.04. The van der Waals surface area contributed by atoms with Gasteiger partial charge in [-0.2, -0.15) is 0 Å². The molecule has 0 aromatic heterocycles. The minimum absolute atomic E-state index is 0.374. The Balaban J connectivity index is 3.04. The van der Waals surface area contributed by atoms with Gasteiger partial charge in [0, 0.05) is 5.56 Å². The van der Waals surface area contributed by atoms with Crippen LogP contribution in [0.25, 0.3) is 0 Å². The van der Waals surface area contributed by atoms with E-state index >= 15 is 0 Å². The largest absolute Gasteiger partial charge is 0.487 e. The summed E-state index contributed by atoms with van der Waals surface area (Å²) in [6, 6.07) is 3.20. The van der Waals surface area contributed by atoms with E-state index in [4.69, 9.17) is 16.3 Å². The summed E-state index contributed by atoms with van der Waals surface area (Å²) in [4.78, 5) is 10.5. The Hall–Kier alpha value is -0.800. The molecule has 1 aromatic rings. The van der Waals surface area contributed by atoms with Crippen LogP contribution in [0.4, 0.5) is 0 Å². The van der Waals surface area contributed by atoms with Crippen LogP contribution in [0.5, 0.6) is 5.75 Å². The summed E-state index contributed by atoms with van der Waals surface area (Å²) in [5, 5.41) is 0.406. The lowest BCUT2D eigenvalue weighted by Gasteiger charge is -2.08. The van der Waals surface area contributed by atoms with Crippen LogP contribution >= 0.6 is 27.5 Å². The van der Waals surface area contributed by atoms with Gasteiger partial charge in [0.15, 0.2) is 5.75 Å². The Bertz CT molecular complexity index is 340. The standard InChI is InChI=1S/C10H8BrClO2/c1-2-3-14-10-8(11)4-7(6-13)5-9(10)12/h2,4-6H,1,3H2. The first kappa shape index (κ1) is 11.3. The summed E-state index contributed by atoms with van der Waals surface area (Å²) >= 11 is 9.17. The van der Waals surface area contributed by atoms with Crippen molar-refractivity contribution in [1.29, 1.82) is 0 Å². The van der Waals surface area contributed by atoms with Crippen LogP contribution in [0.2, 0.25) is 5.02 Å². The number of carbonyl (C=O) groups is 1. The predicted molar refractivity (Wildman–Crippen MR) is 60.2 cm³/mol. The lowest BCUT2D eigenvalue weighted by Crippen LogP contribution is -1.95. The third kappa shape index (κ3) is 2.59. The van der Waals surface area contributed by atoms with E-state index in [1.807, 2.05) is 0 Å². The number of halogens is 2. The van der Waals surface area contributed by atoms with Gasteiger partial charge in [-0.3, -0.25) is 4.79 Å². The summed E-state index contributed by atoms with van der Waals surface area (Å²) in [6.45, 7) is 3.90. The molecule has 1 aromatic carbocycles. The molecule has 4 heteroatoms. The molecule has 2 nitrogen and oxygen atoms in total. The third-order valence-corrected chi connectivity index (χ3v) is 2.37. The Morgan fingerprint density at radius 3 is 2.79 bits per heavy atom. The fraction of sp³-hybridized carbons (Fsp3) is 0.100. The summed E-state index contributed by atoms with van der Waals surface area (Å²) in [7, 11) is 0. The van der Waals surface area contributed by atoms with Crippen LogP contribution in [0, 0.1) is 0 Å². The first-order chi connectivity index (χ1) is 6.69. The molecule has 0 aliphatic carbocycles. The van der Waals surface area contributed by atoms with E-state index in [-0.39, 0.29) is 0 Å². The van der Waals surface area contributed by atoms with Gasteiger partial charge in [0.05, 0.1) is 9.50 Å². The summed E-state index contributed by atoms with van der Waals surface area (Å²) in [5.74, 6) is 0.525. The zero-order chi connectivity index (χ0) is 10.6. The lowest BCUT2D eigenvalue weighted by molar-refractivity contribution is 0.112. The molecule has 0 aliphatic rings. The van der Waals surface area contributed by atoms with Gasteiger partial charge in [-0.15, -0.1) is 0 Å². The zero-order valence-corrected chi connectivity index (χ0v) is 9.64. The van der Waals surface area contributed by atoms with Gasteiger partial charge >= 0.3 is 0 Å². The quantitative estimate of drug-likeness (QED) is 0.621. The van der Waals surface area contributed by atoms with Crippen LogP contribution in [0.3, 0.4) is 0 Å². The van der Waals surface area contributed by atoms with Gasteiger partial charge in [0.1, 0.15) is 12.9 Å². The molecule has 0 spiro atoms. The van der Waals surface area contributed by atoms with Gasteiger partial charge in [0.2, 0.25) is 0 Å². The molecule has 0 amide bonds. The van der Waals surface area contributed by atoms with E-state index in [1.165, 1.54) is 0 Å². The van der Waals surface area contributed by atoms with Crippen molar-refractivity contribution < 1.29 is 9.53 Å². The molecule has 0 heterocycles. The summed E-state index contributed by atoms with van der Waals surface area (Å²) in [6.07, 6.45) is 2.35. The number of benzene rings is 1. The maximum Gasteiger partial charge on any atom is 0.152 e. The highest BCUT2D eigenvalue weighted by atomic mass is 79.9. The van der Waals surface area contributed by atoms with Crippen molar-refractivity contribution in [1.82, 2.24) is 0 Å². The number of rotatable bonds is 4. The van der Waals surface area contributed by atoms with Crippen LogP contribution in [-0.2, 0) is 0 Å². The molecule has 0 radical (unpaired) electrons. The molecule has 0 atom stereocenters. The molecular weight excluding hydrogens is 267 g/mol. The second-order valence-corrected chi connectivity index (χ2v) is 3.79. The molecule has 1 rings (SSSR count). The van der Waals surface area contributed by atoms with Crippen molar-refractivity contribution in [2.45, 2.75) is 0 Å².